The number of anilines is 8. The van der Waals surface area contributed by atoms with Crippen LogP contribution in [0.5, 0.6) is 0 Å². The number of aromatic nitrogens is 6. The first-order chi connectivity index (χ1) is 45.0. The number of piperazine rings is 1. The summed E-state index contributed by atoms with van der Waals surface area (Å²) in [6.45, 7) is 15.6. The number of rotatable bonds is 18. The number of likely N-dealkylation sites (tertiary alicyclic amines) is 2. The number of ether oxygens (including phenoxy) is 2. The van der Waals surface area contributed by atoms with E-state index in [4.69, 9.17) is 40.1 Å². The standard InChI is InChI=1S/C70H90N18O4/c1-83-37-39-88(40-38-83)55-20-33-86(34-21-55)53-14-10-49(11-15-53)76-66-61(80-59(57-7-3-5-30-73-57)63(82-66)77-50-16-23-69(24-17-50)45-91-46-69)67(90)74-47-84-43-68(44-84)27-35-87(36-28-68)54-18-31-85(32-19-54)52-12-8-48(9-13-52)75-65-60(62(71)89)79-58(56-6-2-4-29-72-56)64(81-65)78-51-22-41-92-70(42-51)25-26-70/h2-15,29-30,50-51,54-55H,16-28,31-47H2,1H3,(H2,71,89)(H,74,90)(H2,75,78,81)(H2,76,77,82). The second kappa shape index (κ2) is 26.1. The van der Waals surface area contributed by atoms with Crippen molar-refractivity contribution >= 4 is 57.8 Å². The maximum atomic E-state index is 14.7. The minimum absolute atomic E-state index is 0.0331. The highest BCUT2D eigenvalue weighted by Gasteiger charge is 2.49. The number of nitrogens with two attached hydrogens (primary N) is 1. The fraction of sp³-hybridized carbons (Fsp3) is 0.543. The number of hydrogen-bond donors (Lipinski definition) is 6. The Labute approximate surface area is 540 Å². The summed E-state index contributed by atoms with van der Waals surface area (Å²) in [4.78, 5) is 72.4. The molecule has 1 atom stereocenters. The number of carbonyl (C=O) groups is 2. The molecule has 0 radical (unpaired) electrons. The van der Waals surface area contributed by atoms with Gasteiger partial charge in [-0.3, -0.25) is 29.4 Å². The Hall–Kier alpha value is -7.60. The molecule has 15 rings (SSSR count). The van der Waals surface area contributed by atoms with Crippen molar-refractivity contribution in [3.63, 3.8) is 0 Å². The third kappa shape index (κ3) is 13.3. The fourth-order valence-corrected chi connectivity index (χ4v) is 15.9. The van der Waals surface area contributed by atoms with Crippen LogP contribution in [-0.2, 0) is 9.47 Å². The predicted octanol–water partition coefficient (Wildman–Crippen LogP) is 8.44. The fourth-order valence-electron chi connectivity index (χ4n) is 15.9. The molecule has 0 bridgehead atoms. The SMILES string of the molecule is CN1CCN(C2CCN(c3ccc(Nc4nc(NC5CCC6(CC5)COC6)c(-c5ccccn5)nc4C(=O)NCN4CC5(CCN(C6CCN(c7ccc(Nc8nc(NC9CCOC%10(CC%10)C9)c(-c9ccccn9)nc8C(N)=O)cc7)CC6)CC5)C4)cc3)CC2)CC1. The van der Waals surface area contributed by atoms with Crippen LogP contribution in [0.4, 0.5) is 46.0 Å². The van der Waals surface area contributed by atoms with Crippen LogP contribution in [0.2, 0.25) is 0 Å². The molecule has 2 saturated carbocycles. The summed E-state index contributed by atoms with van der Waals surface area (Å²) >= 11 is 0. The highest BCUT2D eigenvalue weighted by Crippen LogP contribution is 2.48. The number of hydrogen-bond acceptors (Lipinski definition) is 20. The van der Waals surface area contributed by atoms with Crippen LogP contribution in [0.25, 0.3) is 22.8 Å². The molecule has 484 valence electrons. The Kier molecular flexibility index (Phi) is 17.2. The molecular formula is C70H90N18O4. The molecule has 92 heavy (non-hydrogen) atoms. The lowest BCUT2D eigenvalue weighted by molar-refractivity contribution is -0.131. The van der Waals surface area contributed by atoms with E-state index in [9.17, 15) is 9.59 Å². The van der Waals surface area contributed by atoms with Gasteiger partial charge >= 0.3 is 0 Å². The van der Waals surface area contributed by atoms with Crippen molar-refractivity contribution in [2.24, 2.45) is 16.6 Å². The number of piperidine rings is 3. The molecule has 2 aliphatic carbocycles. The van der Waals surface area contributed by atoms with Gasteiger partial charge in [-0.05, 0) is 188 Å². The second-order valence-corrected chi connectivity index (χ2v) is 28.1. The highest BCUT2D eigenvalue weighted by atomic mass is 16.5. The van der Waals surface area contributed by atoms with E-state index in [0.717, 1.165) is 180 Å². The van der Waals surface area contributed by atoms with Crippen LogP contribution in [0.1, 0.15) is 111 Å². The van der Waals surface area contributed by atoms with Crippen molar-refractivity contribution in [3.8, 4) is 22.8 Å². The Balaban J connectivity index is 0.558. The summed E-state index contributed by atoms with van der Waals surface area (Å²) in [5, 5.41) is 17.7. The predicted molar refractivity (Wildman–Crippen MR) is 359 cm³/mol. The van der Waals surface area contributed by atoms with Gasteiger partial charge in [0, 0.05) is 137 Å². The molecule has 9 fully saturated rings. The first-order valence-electron chi connectivity index (χ1n) is 34.1. The van der Waals surface area contributed by atoms with Crippen molar-refractivity contribution < 1.29 is 19.1 Å². The van der Waals surface area contributed by atoms with Crippen molar-refractivity contribution in [3.05, 3.63) is 109 Å². The van der Waals surface area contributed by atoms with Gasteiger partial charge in [0.15, 0.2) is 34.7 Å². The van der Waals surface area contributed by atoms with E-state index >= 15 is 0 Å². The van der Waals surface area contributed by atoms with Gasteiger partial charge in [0.1, 0.15) is 11.4 Å². The van der Waals surface area contributed by atoms with Gasteiger partial charge in [-0.15, -0.1) is 0 Å². The molecule has 3 spiro atoms. The number of pyridine rings is 2. The molecule has 11 heterocycles. The molecular weight excluding hydrogens is 1160 g/mol. The molecule has 1 unspecified atom stereocenters. The van der Waals surface area contributed by atoms with Crippen molar-refractivity contribution in [1.29, 1.82) is 0 Å². The minimum Gasteiger partial charge on any atom is -0.380 e. The van der Waals surface area contributed by atoms with Gasteiger partial charge in [0.05, 0.1) is 36.9 Å². The molecule has 7 saturated heterocycles. The molecule has 22 heteroatoms. The number of benzene rings is 2. The normalized spacial score (nSPS) is 23.0. The zero-order valence-corrected chi connectivity index (χ0v) is 53.3. The molecule has 2 aromatic carbocycles. The van der Waals surface area contributed by atoms with Gasteiger partial charge in [-0.25, -0.2) is 19.9 Å². The Morgan fingerprint density at radius 3 is 1.60 bits per heavy atom. The third-order valence-electron chi connectivity index (χ3n) is 21.8. The van der Waals surface area contributed by atoms with Crippen molar-refractivity contribution in [2.45, 2.75) is 120 Å². The average molecular weight is 1250 g/mol. The summed E-state index contributed by atoms with van der Waals surface area (Å²) < 4.78 is 11.8. The first kappa shape index (κ1) is 60.6. The van der Waals surface area contributed by atoms with Crippen LogP contribution in [0.15, 0.2) is 97.3 Å². The highest BCUT2D eigenvalue weighted by molar-refractivity contribution is 5.99. The van der Waals surface area contributed by atoms with E-state index in [-0.39, 0.29) is 40.4 Å². The van der Waals surface area contributed by atoms with Gasteiger partial charge in [-0.2, -0.15) is 0 Å². The topological polar surface area (TPSA) is 236 Å². The van der Waals surface area contributed by atoms with E-state index in [1.807, 2.05) is 48.5 Å². The van der Waals surface area contributed by atoms with Crippen molar-refractivity contribution in [2.75, 3.05) is 143 Å². The number of nitrogens with one attached hydrogen (secondary N) is 5. The molecule has 2 amide bonds. The maximum absolute atomic E-state index is 14.7. The zero-order chi connectivity index (χ0) is 62.2. The summed E-state index contributed by atoms with van der Waals surface area (Å²) in [6.07, 6.45) is 18.5. The zero-order valence-electron chi connectivity index (χ0n) is 53.3. The summed E-state index contributed by atoms with van der Waals surface area (Å²) in [5.74, 6) is 0.985. The Bertz CT molecular complexity index is 3530. The molecule has 4 aromatic heterocycles. The molecule has 6 aromatic rings. The number of carbonyl (C=O) groups excluding carboxylic acids is 2. The molecule has 9 aliphatic rings. The summed E-state index contributed by atoms with van der Waals surface area (Å²) in [7, 11) is 2.23. The smallest absolute Gasteiger partial charge is 0.274 e. The lowest BCUT2D eigenvalue weighted by Crippen LogP contribution is -2.63. The molecule has 22 nitrogen and oxygen atoms in total. The second-order valence-electron chi connectivity index (χ2n) is 28.1. The van der Waals surface area contributed by atoms with Crippen LogP contribution in [0, 0.1) is 10.8 Å². The maximum Gasteiger partial charge on any atom is 0.274 e. The summed E-state index contributed by atoms with van der Waals surface area (Å²) in [6, 6.07) is 29.9. The Morgan fingerprint density at radius 2 is 1.09 bits per heavy atom. The molecule has 7 N–H and O–H groups in total. The monoisotopic (exact) mass is 1250 g/mol. The van der Waals surface area contributed by atoms with E-state index < -0.39 is 5.91 Å². The van der Waals surface area contributed by atoms with E-state index in [0.29, 0.717) is 76.8 Å². The minimum atomic E-state index is -0.668. The third-order valence-corrected chi connectivity index (χ3v) is 21.8. The number of nitrogens with zero attached hydrogens (tertiary/aromatic N) is 12. The first-order valence-corrected chi connectivity index (χ1v) is 34.1. The van der Waals surface area contributed by atoms with Gasteiger partial charge < -0.3 is 61.4 Å². The number of likely N-dealkylation sites (N-methyl/N-ethyl adjacent to an activating group) is 1. The number of primary amides is 1. The van der Waals surface area contributed by atoms with Crippen LogP contribution in [-0.4, -0.2) is 203 Å². The van der Waals surface area contributed by atoms with Gasteiger partial charge in [0.2, 0.25) is 0 Å². The van der Waals surface area contributed by atoms with Crippen LogP contribution >= 0.6 is 0 Å². The lowest BCUT2D eigenvalue weighted by Gasteiger charge is -2.55. The summed E-state index contributed by atoms with van der Waals surface area (Å²) in [5.41, 5.74) is 13.2. The molecule has 7 aliphatic heterocycles. The van der Waals surface area contributed by atoms with Crippen molar-refractivity contribution in [1.82, 2.24) is 54.8 Å². The largest absolute Gasteiger partial charge is 0.380 e. The lowest BCUT2D eigenvalue weighted by atomic mass is 9.71. The quantitative estimate of drug-likeness (QED) is 0.0473. The van der Waals surface area contributed by atoms with Crippen LogP contribution in [0.3, 0.4) is 0 Å². The van der Waals surface area contributed by atoms with E-state index in [1.54, 1.807) is 12.4 Å². The van der Waals surface area contributed by atoms with Gasteiger partial charge in [-0.1, -0.05) is 12.1 Å². The van der Waals surface area contributed by atoms with Gasteiger partial charge in [0.25, 0.3) is 11.8 Å². The van der Waals surface area contributed by atoms with Crippen LogP contribution < -0.4 is 42.1 Å². The number of amides is 2. The Morgan fingerprint density at radius 1 is 0.554 bits per heavy atom. The van der Waals surface area contributed by atoms with E-state index in [1.165, 1.54) is 24.2 Å². The average Bonchev–Trinajstić information content (AvgIpc) is 0.854. The van der Waals surface area contributed by atoms with E-state index in [2.05, 4.69) is 104 Å².